The molecule has 33 heteroatoms. The number of nitriles is 4. The van der Waals surface area contributed by atoms with Gasteiger partial charge in [0, 0.05) is 215 Å². The first kappa shape index (κ1) is 107. The Morgan fingerprint density at radius 3 is 0.905 bits per heavy atom. The molecule has 24 nitrogen and oxygen atoms in total. The fourth-order valence-electron chi connectivity index (χ4n) is 21.6. The molecule has 5 fully saturated rings. The van der Waals surface area contributed by atoms with Gasteiger partial charge >= 0.3 is 0 Å². The minimum Gasteiger partial charge on any atom is -0.312 e. The number of anilines is 10. The highest BCUT2D eigenvalue weighted by Crippen LogP contribution is 2.51. The lowest BCUT2D eigenvalue weighted by Crippen LogP contribution is -2.39. The lowest BCUT2D eigenvalue weighted by atomic mass is 9.85. The summed E-state index contributed by atoms with van der Waals surface area (Å²) in [5, 5.41) is 37.6. The molecule has 0 aliphatic carbocycles. The second kappa shape index (κ2) is 42.9. The summed E-state index contributed by atoms with van der Waals surface area (Å²) < 4.78 is 29.4. The third-order valence-corrected chi connectivity index (χ3v) is 31.2. The molecule has 10 heterocycles. The molecular weight excluding hydrogens is 2010 g/mol. The molecule has 1 unspecified atom stereocenters. The molecule has 147 heavy (non-hydrogen) atoms. The maximum atomic E-state index is 15.0. The Labute approximate surface area is 888 Å². The van der Waals surface area contributed by atoms with Crippen molar-refractivity contribution in [1.82, 2.24) is 0 Å². The van der Waals surface area contributed by atoms with Crippen LogP contribution in [0.15, 0.2) is 194 Å². The van der Waals surface area contributed by atoms with Crippen molar-refractivity contribution in [1.29, 1.82) is 21.0 Å². The molecule has 5 saturated heterocycles. The predicted octanol–water partition coefficient (Wildman–Crippen LogP) is 21.6. The first-order valence-corrected chi connectivity index (χ1v) is 51.7. The van der Waals surface area contributed by atoms with Crippen LogP contribution >= 0.6 is 81.2 Å². The van der Waals surface area contributed by atoms with Crippen LogP contribution in [0.3, 0.4) is 0 Å². The smallest absolute Gasteiger partial charge is 0.232 e. The maximum absolute atomic E-state index is 15.0. The van der Waals surface area contributed by atoms with Crippen LogP contribution in [-0.4, -0.2) is 125 Å². The van der Waals surface area contributed by atoms with Crippen molar-refractivity contribution in [3.8, 4) is 24.3 Å². The lowest BCUT2D eigenvalue weighted by Gasteiger charge is -2.24. The summed E-state index contributed by atoms with van der Waals surface area (Å²) in [6.45, 7) is 24.5. The summed E-state index contributed by atoms with van der Waals surface area (Å²) in [5.41, 5.74) is 15.8. The van der Waals surface area contributed by atoms with E-state index in [0.717, 1.165) is 61.7 Å². The molecule has 5 atom stereocenters. The quantitative estimate of drug-likeness (QED) is 0.0862. The van der Waals surface area contributed by atoms with Gasteiger partial charge in [0.15, 0.2) is 0 Å². The van der Waals surface area contributed by atoms with Gasteiger partial charge in [0.05, 0.1) is 99.3 Å². The van der Waals surface area contributed by atoms with Crippen LogP contribution in [0.25, 0.3) is 0 Å². The summed E-state index contributed by atoms with van der Waals surface area (Å²) in [7, 11) is 0. The molecule has 0 spiro atoms. The molecule has 20 rings (SSSR count). The largest absolute Gasteiger partial charge is 0.312 e. The normalized spacial score (nSPS) is 19.9. The third-order valence-electron chi connectivity index (χ3n) is 29.2. The Morgan fingerprint density at radius 2 is 0.592 bits per heavy atom. The van der Waals surface area contributed by atoms with E-state index in [1.165, 1.54) is 6.07 Å². The molecule has 0 N–H and O–H groups in total. The Kier molecular flexibility index (Phi) is 31.1. The zero-order valence-electron chi connectivity index (χ0n) is 82.7. The van der Waals surface area contributed by atoms with E-state index in [1.54, 1.807) is 167 Å². The topological polar surface area (TPSA) is 298 Å². The predicted molar refractivity (Wildman–Crippen MR) is 570 cm³/mol. The summed E-state index contributed by atoms with van der Waals surface area (Å²) in [5.74, 6) is -2.78. The lowest BCUT2D eigenvalue weighted by molar-refractivity contribution is -0.124. The van der Waals surface area contributed by atoms with E-state index in [0.29, 0.717) is 153 Å². The fourth-order valence-corrected chi connectivity index (χ4v) is 23.0. The number of carbonyl (C=O) groups is 10. The van der Waals surface area contributed by atoms with Crippen LogP contribution in [0.5, 0.6) is 0 Å². The zero-order valence-corrected chi connectivity index (χ0v) is 88.0. The molecule has 0 saturated carbocycles. The van der Waals surface area contributed by atoms with E-state index in [2.05, 4.69) is 78.0 Å². The number of halogens is 9. The second-order valence-electron chi connectivity index (χ2n) is 41.9. The zero-order chi connectivity index (χ0) is 106. The first-order valence-electron chi connectivity index (χ1n) is 48.3. The fraction of sp³-hybridized carbons (Fsp3) is 0.351. The van der Waals surface area contributed by atoms with Gasteiger partial charge in [0.25, 0.3) is 0 Å². The van der Waals surface area contributed by atoms with Crippen LogP contribution in [0.4, 0.5) is 65.7 Å². The van der Waals surface area contributed by atoms with Gasteiger partial charge in [-0.3, -0.25) is 47.9 Å². The monoisotopic (exact) mass is 2110 g/mol. The van der Waals surface area contributed by atoms with Crippen molar-refractivity contribution in [2.24, 2.45) is 29.6 Å². The highest BCUT2D eigenvalue weighted by Gasteiger charge is 2.52. The molecule has 10 aliphatic heterocycles. The van der Waals surface area contributed by atoms with Crippen LogP contribution in [0.2, 0.25) is 10.0 Å². The number of alkyl halides is 5. The Balaban J connectivity index is 0.000000131. The number of hydrogen-bond acceptors (Lipinski definition) is 14. The Hall–Kier alpha value is -13.3. The molecule has 0 bridgehead atoms. The Bertz CT molecular complexity index is 6920. The van der Waals surface area contributed by atoms with Crippen molar-refractivity contribution < 1.29 is 56.7 Å². The van der Waals surface area contributed by atoms with Crippen LogP contribution in [0.1, 0.15) is 179 Å². The van der Waals surface area contributed by atoms with Crippen molar-refractivity contribution in [3.63, 3.8) is 0 Å². The number of carbonyl (C=O) groups excluding carboxylic acids is 10. The second-order valence-corrected chi connectivity index (χ2v) is 44.1. The van der Waals surface area contributed by atoms with Gasteiger partial charge in [-0.15, -0.1) is 58.0 Å². The molecule has 0 aromatic heterocycles. The van der Waals surface area contributed by atoms with Gasteiger partial charge in [0.1, 0.15) is 11.6 Å². The van der Waals surface area contributed by atoms with E-state index in [4.69, 9.17) is 102 Å². The maximum Gasteiger partial charge on any atom is 0.232 e. The number of nitrogens with zero attached hydrogens (tertiary/aromatic N) is 14. The number of hydrogen-bond donors (Lipinski definition) is 0. The molecule has 756 valence electrons. The van der Waals surface area contributed by atoms with Gasteiger partial charge < -0.3 is 49.0 Å². The number of fused-ring (bicyclic) bond motifs is 5. The third kappa shape index (κ3) is 21.5. The molecule has 10 aliphatic rings. The molecule has 10 aromatic carbocycles. The average molecular weight is 2120 g/mol. The highest BCUT2D eigenvalue weighted by atomic mass is 35.5. The van der Waals surface area contributed by atoms with Gasteiger partial charge in [-0.2, -0.15) is 21.0 Å². The minimum atomic E-state index is -0.555. The molecule has 0 radical (unpaired) electrons. The molecular formula is C114H107Cl7F2N14O10. The van der Waals surface area contributed by atoms with Gasteiger partial charge in [-0.25, -0.2) is 8.78 Å². The SMILES string of the molecule is CC1(C)CN(C(=O)C2CC(=O)N(c3cccc(C#N)c3)C2)c2cc(Cl)c(CCl)cc21.CC1(C)CN(C(=O)[C@H]2CC(=O)N(c3cccc(C#N)c3)C2)c2cc(F)c(CCl)cc21.CC1(C)CN(C(=O)[C@H]2CC(=O)N(c3cccc(C#N)c3)C2)c2ccc(CCl)c(F)c21.CC1(C)CN(C(=O)[C@H]2CC(=O)N(c3cccc(C#N)c3)C2)c2ccc(CCl)cc21.CC1(C)CN(C(=O)[C@H]2CC(=O)N(c3cccc(Cl)c3)C2)c2ccc(CCl)cc21. The minimum absolute atomic E-state index is 0.00308. The van der Waals surface area contributed by atoms with Crippen LogP contribution in [-0.2, 0) is 104 Å². The van der Waals surface area contributed by atoms with Crippen LogP contribution in [0, 0.1) is 86.5 Å². The van der Waals surface area contributed by atoms with Crippen molar-refractivity contribution in [2.75, 3.05) is 114 Å². The number of rotatable bonds is 15. The van der Waals surface area contributed by atoms with E-state index < -0.39 is 34.9 Å². The first-order chi connectivity index (χ1) is 69.9. The Morgan fingerprint density at radius 1 is 0.313 bits per heavy atom. The van der Waals surface area contributed by atoms with E-state index in [1.807, 2.05) is 86.0 Å². The molecule has 10 amide bonds. The van der Waals surface area contributed by atoms with E-state index in [-0.39, 0.29) is 149 Å². The van der Waals surface area contributed by atoms with Gasteiger partial charge in [0.2, 0.25) is 59.1 Å². The van der Waals surface area contributed by atoms with E-state index in [9.17, 15) is 56.7 Å². The van der Waals surface area contributed by atoms with Crippen molar-refractivity contribution in [3.05, 3.63) is 294 Å². The molecule has 10 aromatic rings. The van der Waals surface area contributed by atoms with Gasteiger partial charge in [-0.1, -0.05) is 159 Å². The summed E-state index contributed by atoms with van der Waals surface area (Å²) in [6.07, 6.45) is 0.725. The van der Waals surface area contributed by atoms with Gasteiger partial charge in [-0.05, 0) is 166 Å². The number of benzene rings is 10. The van der Waals surface area contributed by atoms with Crippen molar-refractivity contribution >= 4 is 197 Å². The average Bonchev–Trinajstić information content (AvgIpc) is 1.60. The highest BCUT2D eigenvalue weighted by molar-refractivity contribution is 6.33. The van der Waals surface area contributed by atoms with Crippen molar-refractivity contribution in [2.45, 2.75) is 158 Å². The standard InChI is InChI=1S/C23H21Cl2N3O2.2C23H21ClFN3O2.C23H22ClN3O2.C22H22Cl2N2O2/c2*1-23(2)13-28(20-9-19(25)15(10-24)7-18(20)23)22(30)16-8-21(29)27(12-16)17-5-3-4-14(6-17)11-26;1-23(2)13-28(18-7-6-15(10-24)21(25)20(18)23)22(30)16-9-19(29)27(12-16)17-5-3-4-14(8-17)11-26;1-23(2)14-27(20-7-6-15(11-24)9-19(20)23)22(29)17-10-21(28)26(13-17)18-5-3-4-16(8-18)12-25;1-22(2)13-26(19-7-6-14(11-23)8-18(19)22)21(28)15-9-20(27)25(12-15)17-5-3-4-16(24)10-17/h2*3-7,9,16H,8,10,12-13H2,1-2H3;3-8,16H,9-10,12-13H2,1-2H3;3-9,17H,10-11,13-14H2,1-2H3;3-8,10,15H,9,11-13H2,1-2H3/t;2*16-;17-;15-/m.0000/s1. The summed E-state index contributed by atoms with van der Waals surface area (Å²) >= 11 is 42.2. The number of amides is 10. The van der Waals surface area contributed by atoms with Crippen LogP contribution < -0.4 is 49.0 Å². The van der Waals surface area contributed by atoms with E-state index >= 15 is 0 Å². The summed E-state index contributed by atoms with van der Waals surface area (Å²) in [4.78, 5) is 146. The summed E-state index contributed by atoms with van der Waals surface area (Å²) in [6, 6.07) is 65.2.